The van der Waals surface area contributed by atoms with E-state index in [9.17, 15) is 9.59 Å². The molecule has 4 nitrogen and oxygen atoms in total. The highest BCUT2D eigenvalue weighted by Gasteiger charge is 2.42. The number of carbonyl (C=O) groups is 2. The van der Waals surface area contributed by atoms with Crippen LogP contribution in [0.5, 0.6) is 0 Å². The Hall–Kier alpha value is -2.00. The molecule has 0 aromatic heterocycles. The molecule has 26 heavy (non-hydrogen) atoms. The van der Waals surface area contributed by atoms with Gasteiger partial charge in [-0.2, -0.15) is 0 Å². The molecule has 2 heterocycles. The summed E-state index contributed by atoms with van der Waals surface area (Å²) in [5, 5.41) is 0. The predicted octanol–water partition coefficient (Wildman–Crippen LogP) is 4.33. The number of benzene rings is 2. The van der Waals surface area contributed by atoms with Gasteiger partial charge in [0, 0.05) is 0 Å². The molecule has 128 valence electrons. The Morgan fingerprint density at radius 3 is 1.31 bits per heavy atom. The lowest BCUT2D eigenvalue weighted by atomic mass is 10.2. The lowest BCUT2D eigenvalue weighted by Crippen LogP contribution is -2.29. The van der Waals surface area contributed by atoms with Gasteiger partial charge in [0.25, 0.3) is 11.8 Å². The van der Waals surface area contributed by atoms with Crippen LogP contribution < -0.4 is 9.80 Å². The summed E-state index contributed by atoms with van der Waals surface area (Å²) in [7, 11) is 0. The Balaban J connectivity index is 1.72. The summed E-state index contributed by atoms with van der Waals surface area (Å²) in [5.41, 5.74) is 1.37. The van der Waals surface area contributed by atoms with Crippen LogP contribution in [0.15, 0.2) is 70.5 Å². The minimum absolute atomic E-state index is 0.292. The second kappa shape index (κ2) is 6.96. The highest BCUT2D eigenvalue weighted by atomic mass is 32.2. The third-order valence-electron chi connectivity index (χ3n) is 3.77. The van der Waals surface area contributed by atoms with E-state index in [0.717, 1.165) is 23.5 Å². The van der Waals surface area contributed by atoms with Gasteiger partial charge in [-0.1, -0.05) is 84.4 Å². The third kappa shape index (κ3) is 2.88. The van der Waals surface area contributed by atoms with Gasteiger partial charge < -0.3 is 0 Å². The van der Waals surface area contributed by atoms with E-state index in [4.69, 9.17) is 24.4 Å². The summed E-state index contributed by atoms with van der Waals surface area (Å²) in [6.07, 6.45) is 0. The lowest BCUT2D eigenvalue weighted by Gasteiger charge is -2.14. The molecule has 0 spiro atoms. The molecular weight excluding hydrogens is 404 g/mol. The zero-order chi connectivity index (χ0) is 18.3. The van der Waals surface area contributed by atoms with Crippen molar-refractivity contribution < 1.29 is 9.59 Å². The van der Waals surface area contributed by atoms with Crippen molar-refractivity contribution in [2.75, 3.05) is 9.80 Å². The number of carbonyl (C=O) groups excluding carboxylic acids is 2. The summed E-state index contributed by atoms with van der Waals surface area (Å²) in [6.45, 7) is 0. The molecule has 2 aromatic rings. The summed E-state index contributed by atoms with van der Waals surface area (Å²) < 4.78 is 0.808. The van der Waals surface area contributed by atoms with Gasteiger partial charge in [-0.3, -0.25) is 19.4 Å². The minimum Gasteiger partial charge on any atom is -0.268 e. The molecule has 2 saturated heterocycles. The van der Waals surface area contributed by atoms with Crippen LogP contribution in [0.3, 0.4) is 0 Å². The normalized spacial score (nSPS) is 20.5. The monoisotopic (exact) mass is 414 g/mol. The Bertz CT molecular complexity index is 894. The highest BCUT2D eigenvalue weighted by Crippen LogP contribution is 2.44. The number of nitrogens with zero attached hydrogens (tertiary/aromatic N) is 2. The van der Waals surface area contributed by atoms with E-state index in [1.807, 2.05) is 60.7 Å². The molecule has 0 bridgehead atoms. The largest absolute Gasteiger partial charge is 0.272 e. The lowest BCUT2D eigenvalue weighted by molar-refractivity contribution is -0.115. The van der Waals surface area contributed by atoms with E-state index in [0.29, 0.717) is 29.8 Å². The van der Waals surface area contributed by atoms with Gasteiger partial charge >= 0.3 is 0 Å². The first kappa shape index (κ1) is 17.4. The van der Waals surface area contributed by atoms with E-state index in [-0.39, 0.29) is 11.8 Å². The van der Waals surface area contributed by atoms with Crippen molar-refractivity contribution in [3.8, 4) is 0 Å². The summed E-state index contributed by atoms with van der Waals surface area (Å²) in [6, 6.07) is 18.3. The molecule has 0 unspecified atom stereocenters. The molecule has 2 aliphatic rings. The maximum absolute atomic E-state index is 12.9. The van der Waals surface area contributed by atoms with Crippen LogP contribution in [0, 0.1) is 0 Å². The first-order chi connectivity index (χ1) is 12.6. The van der Waals surface area contributed by atoms with Gasteiger partial charge in [0.2, 0.25) is 0 Å². The fraction of sp³-hybridized carbons (Fsp3) is 0. The number of anilines is 2. The Labute approximate surface area is 169 Å². The molecule has 2 amide bonds. The number of para-hydroxylation sites is 2. The van der Waals surface area contributed by atoms with E-state index >= 15 is 0 Å². The molecule has 0 radical (unpaired) electrons. The molecule has 0 saturated carbocycles. The molecule has 0 N–H and O–H groups in total. The van der Waals surface area contributed by atoms with Crippen LogP contribution >= 0.6 is 48.0 Å². The number of thiocarbonyl (C=S) groups is 2. The Kier molecular flexibility index (Phi) is 4.66. The van der Waals surface area contributed by atoms with Gasteiger partial charge in [0.15, 0.2) is 8.64 Å². The zero-order valence-electron chi connectivity index (χ0n) is 13.1. The van der Waals surface area contributed by atoms with Crippen LogP contribution in [-0.2, 0) is 9.59 Å². The third-order valence-corrected chi connectivity index (χ3v) is 6.65. The fourth-order valence-electron chi connectivity index (χ4n) is 2.61. The highest BCUT2D eigenvalue weighted by molar-refractivity contribution is 8.30. The molecule has 0 aliphatic carbocycles. The molecule has 2 aromatic carbocycles. The van der Waals surface area contributed by atoms with Gasteiger partial charge in [0.05, 0.1) is 21.2 Å². The molecule has 8 heteroatoms. The zero-order valence-corrected chi connectivity index (χ0v) is 16.4. The average molecular weight is 415 g/mol. The number of amides is 2. The quantitative estimate of drug-likeness (QED) is 0.538. The van der Waals surface area contributed by atoms with Crippen molar-refractivity contribution in [3.05, 3.63) is 70.5 Å². The predicted molar refractivity (Wildman–Crippen MR) is 115 cm³/mol. The minimum atomic E-state index is -0.292. The first-order valence-electron chi connectivity index (χ1n) is 7.55. The van der Waals surface area contributed by atoms with Crippen LogP contribution in [0.4, 0.5) is 11.4 Å². The van der Waals surface area contributed by atoms with Crippen LogP contribution in [-0.4, -0.2) is 20.5 Å². The molecule has 0 atom stereocenters. The van der Waals surface area contributed by atoms with Crippen LogP contribution in [0.2, 0.25) is 0 Å². The SMILES string of the molecule is O=C1C(=C2SC(=S)N(c3ccccc3)C2=O)SC(=S)N1c1ccccc1. The Morgan fingerprint density at radius 2 is 0.962 bits per heavy atom. The Morgan fingerprint density at radius 1 is 0.615 bits per heavy atom. The van der Waals surface area contributed by atoms with Gasteiger partial charge in [-0.05, 0) is 24.3 Å². The standard InChI is InChI=1S/C18H10N2O2S4/c21-15-13(25-17(23)19(15)11-7-3-1-4-8-11)14-16(22)20(18(24)26-14)12-9-5-2-6-10-12/h1-10H. The summed E-state index contributed by atoms with van der Waals surface area (Å²) in [4.78, 5) is 29.4. The van der Waals surface area contributed by atoms with Crippen LogP contribution in [0.25, 0.3) is 0 Å². The number of hydrogen-bond acceptors (Lipinski definition) is 6. The van der Waals surface area contributed by atoms with Crippen molar-refractivity contribution in [1.82, 2.24) is 0 Å². The van der Waals surface area contributed by atoms with Crippen molar-refractivity contribution in [1.29, 1.82) is 0 Å². The number of rotatable bonds is 2. The molecule has 4 rings (SSSR count). The second-order valence-corrected chi connectivity index (χ2v) is 8.63. The van der Waals surface area contributed by atoms with Crippen molar-refractivity contribution in [2.24, 2.45) is 0 Å². The van der Waals surface area contributed by atoms with Crippen molar-refractivity contribution in [3.63, 3.8) is 0 Å². The average Bonchev–Trinajstić information content (AvgIpc) is 3.11. The molecule has 2 fully saturated rings. The fourth-order valence-corrected chi connectivity index (χ4v) is 5.36. The van der Waals surface area contributed by atoms with Gasteiger partial charge in [-0.25, -0.2) is 0 Å². The summed E-state index contributed by atoms with van der Waals surface area (Å²) in [5.74, 6) is -0.584. The van der Waals surface area contributed by atoms with Crippen molar-refractivity contribution >= 4 is 79.8 Å². The topological polar surface area (TPSA) is 40.6 Å². The van der Waals surface area contributed by atoms with Crippen molar-refractivity contribution in [2.45, 2.75) is 0 Å². The second-order valence-electron chi connectivity index (χ2n) is 5.35. The number of thioether (sulfide) groups is 2. The number of hydrogen-bond donors (Lipinski definition) is 0. The van der Waals surface area contributed by atoms with E-state index in [1.54, 1.807) is 0 Å². The van der Waals surface area contributed by atoms with Crippen LogP contribution in [0.1, 0.15) is 0 Å². The van der Waals surface area contributed by atoms with Gasteiger partial charge in [0.1, 0.15) is 0 Å². The maximum Gasteiger partial charge on any atom is 0.272 e. The molecule has 2 aliphatic heterocycles. The van der Waals surface area contributed by atoms with E-state index < -0.39 is 0 Å². The van der Waals surface area contributed by atoms with E-state index in [2.05, 4.69) is 0 Å². The van der Waals surface area contributed by atoms with Gasteiger partial charge in [-0.15, -0.1) is 0 Å². The maximum atomic E-state index is 12.9. The first-order valence-corrected chi connectivity index (χ1v) is 10.00. The molecular formula is C18H10N2O2S4. The smallest absolute Gasteiger partial charge is 0.268 e. The van der Waals surface area contributed by atoms with E-state index in [1.165, 1.54) is 9.80 Å². The summed E-state index contributed by atoms with van der Waals surface area (Å²) >= 11 is 13.0.